The Labute approximate surface area is 178 Å². The maximum absolute atomic E-state index is 13.3. The summed E-state index contributed by atoms with van der Waals surface area (Å²) in [5.74, 6) is 0.271. The van der Waals surface area contributed by atoms with Crippen LogP contribution in [0.1, 0.15) is 24.0 Å². The number of hydrogen-bond acceptors (Lipinski definition) is 4. The van der Waals surface area contributed by atoms with E-state index < -0.39 is 15.9 Å². The Hall–Kier alpha value is -3.12. The minimum atomic E-state index is -4.02. The molecular weight excluding hydrogens is 398 g/mol. The molecule has 1 amide bonds. The van der Waals surface area contributed by atoms with Gasteiger partial charge in [-0.15, -0.1) is 0 Å². The summed E-state index contributed by atoms with van der Waals surface area (Å²) in [5.41, 5.74) is 2.28. The second-order valence-electron chi connectivity index (χ2n) is 7.03. The topological polar surface area (TPSA) is 63.7 Å². The molecule has 0 aliphatic rings. The van der Waals surface area contributed by atoms with Crippen LogP contribution >= 0.6 is 0 Å². The zero-order valence-corrected chi connectivity index (χ0v) is 17.9. The highest BCUT2D eigenvalue weighted by atomic mass is 32.2. The molecule has 3 aromatic rings. The molecule has 0 unspecified atom stereocenters. The molecule has 0 aliphatic heterocycles. The normalized spacial score (nSPS) is 11.1. The number of benzene rings is 3. The van der Waals surface area contributed by atoms with Crippen molar-refractivity contribution in [1.29, 1.82) is 0 Å². The minimum absolute atomic E-state index is 0.0475. The number of ether oxygens (including phenoxy) is 1. The molecule has 0 fully saturated rings. The molecule has 0 atom stereocenters. The van der Waals surface area contributed by atoms with Gasteiger partial charge in [-0.25, -0.2) is 12.7 Å². The van der Waals surface area contributed by atoms with Crippen LogP contribution in [0, 0.1) is 13.8 Å². The molecule has 0 heterocycles. The number of rotatable bonds is 8. The molecule has 0 saturated heterocycles. The molecule has 30 heavy (non-hydrogen) atoms. The van der Waals surface area contributed by atoms with Crippen LogP contribution in [0.2, 0.25) is 0 Å². The lowest BCUT2D eigenvalue weighted by molar-refractivity contribution is -0.117. The summed E-state index contributed by atoms with van der Waals surface area (Å²) in [5, 5.41) is 0. The van der Waals surface area contributed by atoms with E-state index in [2.05, 4.69) is 0 Å². The van der Waals surface area contributed by atoms with Gasteiger partial charge < -0.3 is 4.74 Å². The van der Waals surface area contributed by atoms with Crippen LogP contribution in [0.15, 0.2) is 83.8 Å². The molecule has 3 rings (SSSR count). The maximum atomic E-state index is 13.3. The van der Waals surface area contributed by atoms with Crippen molar-refractivity contribution in [2.24, 2.45) is 0 Å². The number of hydrogen-bond donors (Lipinski definition) is 0. The van der Waals surface area contributed by atoms with Crippen LogP contribution in [-0.4, -0.2) is 20.9 Å². The van der Waals surface area contributed by atoms with Gasteiger partial charge in [0.05, 0.1) is 17.2 Å². The Balaban J connectivity index is 1.76. The van der Waals surface area contributed by atoms with Crippen molar-refractivity contribution >= 4 is 21.6 Å². The Kier molecular flexibility index (Phi) is 6.90. The number of amides is 1. The molecule has 156 valence electrons. The van der Waals surface area contributed by atoms with Gasteiger partial charge in [0.1, 0.15) is 5.75 Å². The first-order valence-electron chi connectivity index (χ1n) is 9.78. The van der Waals surface area contributed by atoms with E-state index in [0.29, 0.717) is 18.7 Å². The second-order valence-corrected chi connectivity index (χ2v) is 8.82. The van der Waals surface area contributed by atoms with E-state index >= 15 is 0 Å². The summed E-state index contributed by atoms with van der Waals surface area (Å²) in [6.07, 6.45) is 0.450. The lowest BCUT2D eigenvalue weighted by Crippen LogP contribution is -2.37. The molecule has 0 bridgehead atoms. The Morgan fingerprint density at radius 1 is 0.867 bits per heavy atom. The number of para-hydroxylation sites is 2. The van der Waals surface area contributed by atoms with Crippen molar-refractivity contribution in [3.63, 3.8) is 0 Å². The minimum Gasteiger partial charge on any atom is -0.493 e. The van der Waals surface area contributed by atoms with Crippen LogP contribution in [-0.2, 0) is 14.8 Å². The van der Waals surface area contributed by atoms with E-state index in [4.69, 9.17) is 4.74 Å². The van der Waals surface area contributed by atoms with Gasteiger partial charge in [0.25, 0.3) is 10.0 Å². The fraction of sp³-hybridized carbons (Fsp3) is 0.208. The fourth-order valence-electron chi connectivity index (χ4n) is 3.02. The van der Waals surface area contributed by atoms with E-state index in [9.17, 15) is 13.2 Å². The summed E-state index contributed by atoms with van der Waals surface area (Å²) in [7, 11) is -4.02. The molecule has 0 aromatic heterocycles. The predicted octanol–water partition coefficient (Wildman–Crippen LogP) is 4.88. The number of sulfonamides is 1. The summed E-state index contributed by atoms with van der Waals surface area (Å²) in [6.45, 7) is 4.15. The number of carbonyl (C=O) groups is 1. The van der Waals surface area contributed by atoms with Crippen LogP contribution in [0.25, 0.3) is 0 Å². The molecule has 0 radical (unpaired) electrons. The highest BCUT2D eigenvalue weighted by Gasteiger charge is 2.30. The zero-order valence-electron chi connectivity index (χ0n) is 17.1. The lowest BCUT2D eigenvalue weighted by atomic mass is 10.2. The predicted molar refractivity (Wildman–Crippen MR) is 118 cm³/mol. The van der Waals surface area contributed by atoms with E-state index in [1.807, 2.05) is 38.1 Å². The van der Waals surface area contributed by atoms with Crippen LogP contribution in [0.3, 0.4) is 0 Å². The second kappa shape index (κ2) is 9.59. The number of carbonyl (C=O) groups excluding carboxylic acids is 1. The van der Waals surface area contributed by atoms with Crippen LogP contribution < -0.4 is 9.04 Å². The van der Waals surface area contributed by atoms with Gasteiger partial charge in [-0.2, -0.15) is 0 Å². The molecule has 6 heteroatoms. The summed E-state index contributed by atoms with van der Waals surface area (Å²) < 4.78 is 33.1. The maximum Gasteiger partial charge on any atom is 0.270 e. The van der Waals surface area contributed by atoms with Crippen molar-refractivity contribution in [3.8, 4) is 5.75 Å². The standard InChI is InChI=1S/C24H25NO4S/c1-19-14-16-22(17-15-19)30(27,28)25(21-10-4-3-5-11-21)24(26)13-8-18-29-23-12-7-6-9-20(23)2/h3-7,9-12,14-17H,8,13,18H2,1-2H3. The summed E-state index contributed by atoms with van der Waals surface area (Å²) in [4.78, 5) is 13.1. The number of nitrogens with zero attached hydrogens (tertiary/aromatic N) is 1. The van der Waals surface area contributed by atoms with E-state index in [0.717, 1.165) is 21.2 Å². The zero-order chi connectivity index (χ0) is 21.6. The molecule has 0 N–H and O–H groups in total. The number of aryl methyl sites for hydroxylation is 2. The molecule has 3 aromatic carbocycles. The molecular formula is C24H25NO4S. The van der Waals surface area contributed by atoms with Crippen molar-refractivity contribution in [2.75, 3.05) is 10.9 Å². The highest BCUT2D eigenvalue weighted by molar-refractivity contribution is 7.93. The van der Waals surface area contributed by atoms with Gasteiger partial charge in [0, 0.05) is 6.42 Å². The Morgan fingerprint density at radius 2 is 1.50 bits per heavy atom. The Morgan fingerprint density at radius 3 is 2.17 bits per heavy atom. The van der Waals surface area contributed by atoms with Crippen molar-refractivity contribution in [1.82, 2.24) is 0 Å². The molecule has 0 aliphatic carbocycles. The third kappa shape index (κ3) is 5.07. The molecule has 0 spiro atoms. The van der Waals surface area contributed by atoms with Gasteiger partial charge in [-0.3, -0.25) is 4.79 Å². The van der Waals surface area contributed by atoms with Crippen LogP contribution in [0.4, 0.5) is 5.69 Å². The summed E-state index contributed by atoms with van der Waals surface area (Å²) >= 11 is 0. The largest absolute Gasteiger partial charge is 0.493 e. The van der Waals surface area contributed by atoms with Crippen molar-refractivity contribution in [2.45, 2.75) is 31.6 Å². The molecule has 0 saturated carbocycles. The van der Waals surface area contributed by atoms with Crippen LogP contribution in [0.5, 0.6) is 5.75 Å². The fourth-order valence-corrected chi connectivity index (χ4v) is 4.47. The van der Waals surface area contributed by atoms with E-state index in [1.54, 1.807) is 42.5 Å². The van der Waals surface area contributed by atoms with Gasteiger partial charge in [0.15, 0.2) is 0 Å². The van der Waals surface area contributed by atoms with Gasteiger partial charge in [0.2, 0.25) is 5.91 Å². The van der Waals surface area contributed by atoms with Gasteiger partial charge in [-0.05, 0) is 56.2 Å². The smallest absolute Gasteiger partial charge is 0.270 e. The first-order chi connectivity index (χ1) is 14.4. The highest BCUT2D eigenvalue weighted by Crippen LogP contribution is 2.25. The van der Waals surface area contributed by atoms with E-state index in [1.165, 1.54) is 12.1 Å². The van der Waals surface area contributed by atoms with E-state index in [-0.39, 0.29) is 11.3 Å². The number of anilines is 1. The first kappa shape index (κ1) is 21.6. The quantitative estimate of drug-likeness (QED) is 0.484. The summed E-state index contributed by atoms with van der Waals surface area (Å²) in [6, 6.07) is 22.6. The average Bonchev–Trinajstić information content (AvgIpc) is 2.73. The first-order valence-corrected chi connectivity index (χ1v) is 11.2. The average molecular weight is 424 g/mol. The SMILES string of the molecule is Cc1ccc(S(=O)(=O)N(C(=O)CCCOc2ccccc2C)c2ccccc2)cc1. The third-order valence-corrected chi connectivity index (χ3v) is 6.43. The molecule has 5 nitrogen and oxygen atoms in total. The third-order valence-electron chi connectivity index (χ3n) is 4.66. The van der Waals surface area contributed by atoms with Crippen molar-refractivity contribution < 1.29 is 17.9 Å². The van der Waals surface area contributed by atoms with Crippen molar-refractivity contribution in [3.05, 3.63) is 90.0 Å². The van der Waals surface area contributed by atoms with Gasteiger partial charge in [-0.1, -0.05) is 54.1 Å². The van der Waals surface area contributed by atoms with Gasteiger partial charge >= 0.3 is 0 Å². The Bertz CT molecular complexity index is 1090. The lowest BCUT2D eigenvalue weighted by Gasteiger charge is -2.23. The monoisotopic (exact) mass is 423 g/mol.